The van der Waals surface area contributed by atoms with Crippen molar-refractivity contribution in [1.29, 1.82) is 0 Å². The van der Waals surface area contributed by atoms with Crippen molar-refractivity contribution in [3.05, 3.63) is 64.7 Å². The summed E-state index contributed by atoms with van der Waals surface area (Å²) < 4.78 is 5.66. The van der Waals surface area contributed by atoms with E-state index in [0.29, 0.717) is 0 Å². The molecule has 0 bridgehead atoms. The topological polar surface area (TPSA) is 21.3 Å². The average Bonchev–Trinajstić information content (AvgIpc) is 2.51. The van der Waals surface area contributed by atoms with Crippen LogP contribution < -0.4 is 10.1 Å². The Balaban J connectivity index is 1.95. The van der Waals surface area contributed by atoms with E-state index in [1.165, 1.54) is 5.56 Å². The molecule has 0 aliphatic carbocycles. The summed E-state index contributed by atoms with van der Waals surface area (Å²) in [5.74, 6) is 0.932. The zero-order valence-corrected chi connectivity index (χ0v) is 13.4. The minimum Gasteiger partial charge on any atom is -0.494 e. The third-order valence-corrected chi connectivity index (χ3v) is 3.70. The van der Waals surface area contributed by atoms with Gasteiger partial charge >= 0.3 is 0 Å². The summed E-state index contributed by atoms with van der Waals surface area (Å²) in [6.07, 6.45) is 1.02. The molecule has 0 aromatic heterocycles. The largest absolute Gasteiger partial charge is 0.494 e. The zero-order valence-electron chi connectivity index (χ0n) is 12.6. The molecule has 0 heterocycles. The Morgan fingerprint density at radius 3 is 2.71 bits per heavy atom. The molecule has 0 fully saturated rings. The number of hydrogen-bond donors (Lipinski definition) is 1. The van der Waals surface area contributed by atoms with Gasteiger partial charge in [-0.05, 0) is 42.7 Å². The first-order chi connectivity index (χ1) is 10.2. The van der Waals surface area contributed by atoms with E-state index in [4.69, 9.17) is 16.3 Å². The molecule has 0 amide bonds. The third kappa shape index (κ3) is 4.76. The number of rotatable bonds is 7. The molecule has 112 valence electrons. The van der Waals surface area contributed by atoms with Crippen molar-refractivity contribution in [2.24, 2.45) is 0 Å². The van der Waals surface area contributed by atoms with E-state index in [1.807, 2.05) is 30.3 Å². The molecular formula is C18H22ClNO. The maximum absolute atomic E-state index is 6.22. The highest BCUT2D eigenvalue weighted by atomic mass is 35.5. The van der Waals surface area contributed by atoms with Crippen molar-refractivity contribution in [2.75, 3.05) is 6.61 Å². The van der Waals surface area contributed by atoms with Crippen molar-refractivity contribution in [3.63, 3.8) is 0 Å². The Morgan fingerprint density at radius 2 is 1.95 bits per heavy atom. The van der Waals surface area contributed by atoms with Gasteiger partial charge in [0.05, 0.1) is 6.61 Å². The van der Waals surface area contributed by atoms with Crippen LogP contribution in [0.25, 0.3) is 0 Å². The van der Waals surface area contributed by atoms with Crippen LogP contribution in [0.15, 0.2) is 48.5 Å². The van der Waals surface area contributed by atoms with Crippen molar-refractivity contribution in [3.8, 4) is 5.75 Å². The highest BCUT2D eigenvalue weighted by molar-refractivity contribution is 6.31. The molecule has 3 heteroatoms. The Morgan fingerprint density at radius 1 is 1.14 bits per heavy atom. The first-order valence-corrected chi connectivity index (χ1v) is 7.78. The quantitative estimate of drug-likeness (QED) is 0.779. The SMILES string of the molecule is CCCOc1cccc(CN[C@@H](C)c2ccccc2Cl)c1. The van der Waals surface area contributed by atoms with E-state index in [0.717, 1.165) is 35.9 Å². The number of ether oxygens (including phenoxy) is 1. The van der Waals surface area contributed by atoms with Gasteiger partial charge in [0.2, 0.25) is 0 Å². The number of benzene rings is 2. The third-order valence-electron chi connectivity index (χ3n) is 3.36. The minimum absolute atomic E-state index is 0.207. The molecule has 2 aromatic carbocycles. The summed E-state index contributed by atoms with van der Waals surface area (Å²) in [6, 6.07) is 16.4. The van der Waals surface area contributed by atoms with E-state index < -0.39 is 0 Å². The van der Waals surface area contributed by atoms with Crippen molar-refractivity contribution in [1.82, 2.24) is 5.32 Å². The molecule has 1 atom stereocenters. The van der Waals surface area contributed by atoms with Gasteiger partial charge < -0.3 is 10.1 Å². The van der Waals surface area contributed by atoms with Gasteiger partial charge in [-0.3, -0.25) is 0 Å². The molecule has 2 aromatic rings. The second-order valence-electron chi connectivity index (χ2n) is 5.12. The molecular weight excluding hydrogens is 282 g/mol. The lowest BCUT2D eigenvalue weighted by Crippen LogP contribution is -2.18. The summed E-state index contributed by atoms with van der Waals surface area (Å²) in [6.45, 7) is 5.78. The highest BCUT2D eigenvalue weighted by Crippen LogP contribution is 2.22. The highest BCUT2D eigenvalue weighted by Gasteiger charge is 2.08. The maximum atomic E-state index is 6.22. The molecule has 2 rings (SSSR count). The van der Waals surface area contributed by atoms with Crippen LogP contribution >= 0.6 is 11.6 Å². The van der Waals surface area contributed by atoms with Crippen LogP contribution in [0.5, 0.6) is 5.75 Å². The molecule has 2 nitrogen and oxygen atoms in total. The van der Waals surface area contributed by atoms with E-state index in [9.17, 15) is 0 Å². The lowest BCUT2D eigenvalue weighted by atomic mass is 10.1. The monoisotopic (exact) mass is 303 g/mol. The van der Waals surface area contributed by atoms with Gasteiger partial charge in [0, 0.05) is 17.6 Å². The number of halogens is 1. The van der Waals surface area contributed by atoms with Crippen molar-refractivity contribution in [2.45, 2.75) is 32.9 Å². The molecule has 0 saturated carbocycles. The summed E-state index contributed by atoms with van der Waals surface area (Å²) in [5.41, 5.74) is 2.33. The molecule has 1 N–H and O–H groups in total. The van der Waals surface area contributed by atoms with Crippen molar-refractivity contribution < 1.29 is 4.74 Å². The van der Waals surface area contributed by atoms with Gasteiger partial charge in [0.25, 0.3) is 0 Å². The van der Waals surface area contributed by atoms with Crippen LogP contribution in [-0.2, 0) is 6.54 Å². The van der Waals surface area contributed by atoms with E-state index in [2.05, 4.69) is 37.4 Å². The predicted octanol–water partition coefficient (Wildman–Crippen LogP) is 4.98. The maximum Gasteiger partial charge on any atom is 0.119 e. The molecule has 0 aliphatic rings. The van der Waals surface area contributed by atoms with Crippen LogP contribution in [0.4, 0.5) is 0 Å². The second kappa shape index (κ2) is 8.06. The molecule has 21 heavy (non-hydrogen) atoms. The summed E-state index contributed by atoms with van der Waals surface area (Å²) in [7, 11) is 0. The average molecular weight is 304 g/mol. The van der Waals surface area contributed by atoms with Crippen LogP contribution in [0.3, 0.4) is 0 Å². The molecule has 0 spiro atoms. The Hall–Kier alpha value is -1.51. The first kappa shape index (κ1) is 15.9. The van der Waals surface area contributed by atoms with E-state index in [1.54, 1.807) is 0 Å². The fraction of sp³-hybridized carbons (Fsp3) is 0.333. The van der Waals surface area contributed by atoms with Gasteiger partial charge in [-0.2, -0.15) is 0 Å². The van der Waals surface area contributed by atoms with E-state index in [-0.39, 0.29) is 6.04 Å². The summed E-state index contributed by atoms with van der Waals surface area (Å²) in [5, 5.41) is 4.30. The van der Waals surface area contributed by atoms with Gasteiger partial charge in [0.15, 0.2) is 0 Å². The van der Waals surface area contributed by atoms with Gasteiger partial charge in [-0.1, -0.05) is 48.9 Å². The predicted molar refractivity (Wildman–Crippen MR) is 88.9 cm³/mol. The zero-order chi connectivity index (χ0) is 15.1. The summed E-state index contributed by atoms with van der Waals surface area (Å²) in [4.78, 5) is 0. The lowest BCUT2D eigenvalue weighted by Gasteiger charge is -2.16. The van der Waals surface area contributed by atoms with Gasteiger partial charge in [-0.25, -0.2) is 0 Å². The molecule has 0 aliphatic heterocycles. The second-order valence-corrected chi connectivity index (χ2v) is 5.53. The fourth-order valence-corrected chi connectivity index (χ4v) is 2.47. The Bertz CT molecular complexity index is 571. The van der Waals surface area contributed by atoms with Crippen LogP contribution in [0, 0.1) is 0 Å². The van der Waals surface area contributed by atoms with Gasteiger partial charge in [-0.15, -0.1) is 0 Å². The van der Waals surface area contributed by atoms with Gasteiger partial charge in [0.1, 0.15) is 5.75 Å². The molecule has 0 saturated heterocycles. The van der Waals surface area contributed by atoms with Crippen LogP contribution in [-0.4, -0.2) is 6.61 Å². The van der Waals surface area contributed by atoms with E-state index >= 15 is 0 Å². The Kier molecular flexibility index (Phi) is 6.09. The van der Waals surface area contributed by atoms with Crippen LogP contribution in [0.1, 0.15) is 37.4 Å². The smallest absolute Gasteiger partial charge is 0.119 e. The molecule has 0 radical (unpaired) electrons. The number of nitrogens with one attached hydrogen (secondary N) is 1. The number of hydrogen-bond acceptors (Lipinski definition) is 2. The fourth-order valence-electron chi connectivity index (χ4n) is 2.17. The van der Waals surface area contributed by atoms with Crippen LogP contribution in [0.2, 0.25) is 5.02 Å². The standard InChI is InChI=1S/C18H22ClNO/c1-3-11-21-16-8-6-7-15(12-16)13-20-14(2)17-9-4-5-10-18(17)19/h4-10,12,14,20H,3,11,13H2,1-2H3/t14-/m0/s1. The lowest BCUT2D eigenvalue weighted by molar-refractivity contribution is 0.317. The first-order valence-electron chi connectivity index (χ1n) is 7.40. The Labute approximate surface area is 132 Å². The molecule has 0 unspecified atom stereocenters. The normalized spacial score (nSPS) is 12.1. The van der Waals surface area contributed by atoms with Crippen molar-refractivity contribution >= 4 is 11.6 Å². The summed E-state index contributed by atoms with van der Waals surface area (Å²) >= 11 is 6.22. The minimum atomic E-state index is 0.207.